The molecule has 2 N–H and O–H groups in total. The van der Waals surface area contributed by atoms with Crippen molar-refractivity contribution in [1.82, 2.24) is 0 Å². The Hall–Kier alpha value is -0.570. The second-order valence-corrected chi connectivity index (χ2v) is 3.93. The minimum Gasteiger partial charge on any atom is -0.459 e. The molecule has 0 saturated heterocycles. The van der Waals surface area contributed by atoms with Crippen LogP contribution in [0.25, 0.3) is 0 Å². The molecule has 0 aliphatic carbocycles. The van der Waals surface area contributed by atoms with Gasteiger partial charge in [-0.25, -0.2) is 0 Å². The van der Waals surface area contributed by atoms with Gasteiger partial charge in [-0.1, -0.05) is 13.3 Å². The zero-order valence-corrected chi connectivity index (χ0v) is 8.39. The molecule has 0 radical (unpaired) electrons. The summed E-state index contributed by atoms with van der Waals surface area (Å²) in [4.78, 5) is 11.2. The normalized spacial score (nSPS) is 14.1. The first-order valence-corrected chi connectivity index (χ1v) is 4.35. The van der Waals surface area contributed by atoms with Crippen LogP contribution in [0, 0.1) is 0 Å². The molecule has 0 fully saturated rings. The number of esters is 1. The van der Waals surface area contributed by atoms with Crippen molar-refractivity contribution in [2.45, 2.75) is 52.2 Å². The highest BCUT2D eigenvalue weighted by molar-refractivity contribution is 5.75. The van der Waals surface area contributed by atoms with E-state index >= 15 is 0 Å². The summed E-state index contributed by atoms with van der Waals surface area (Å²) in [5.41, 5.74) is 5.13. The van der Waals surface area contributed by atoms with Crippen LogP contribution in [-0.2, 0) is 9.53 Å². The number of carbonyl (C=O) groups is 1. The standard InChI is InChI=1S/C9H19NO2/c1-5-6-7(10)8(11)12-9(2,3)4/h7H,5-6,10H2,1-4H3/t7-/m1/s1/i6+1,10+1. The smallest absolute Gasteiger partial charge is 0.323 e. The van der Waals surface area contributed by atoms with Crippen LogP contribution in [0.15, 0.2) is 0 Å². The summed E-state index contributed by atoms with van der Waals surface area (Å²) in [6.45, 7) is 7.50. The predicted molar refractivity (Wildman–Crippen MR) is 48.7 cm³/mol. The van der Waals surface area contributed by atoms with Crippen LogP contribution < -0.4 is 5.73 Å². The summed E-state index contributed by atoms with van der Waals surface area (Å²) in [5.74, 6) is -0.302. The van der Waals surface area contributed by atoms with Gasteiger partial charge in [0.2, 0.25) is 0 Å². The molecule has 0 heterocycles. The molecule has 0 bridgehead atoms. The molecule has 0 aromatic carbocycles. The molecule has 0 rings (SSSR count). The Balaban J connectivity index is 3.87. The summed E-state index contributed by atoms with van der Waals surface area (Å²) in [5, 5.41) is 0. The molecule has 72 valence electrons. The first-order valence-electron chi connectivity index (χ1n) is 4.35. The van der Waals surface area contributed by atoms with Crippen LogP contribution >= 0.6 is 0 Å². The lowest BCUT2D eigenvalue weighted by Gasteiger charge is -2.21. The molecular weight excluding hydrogens is 156 g/mol. The topological polar surface area (TPSA) is 52.3 Å². The second kappa shape index (κ2) is 4.45. The molecule has 0 aromatic rings. The zero-order valence-electron chi connectivity index (χ0n) is 8.39. The Bertz CT molecular complexity index is 149. The molecule has 0 spiro atoms. The van der Waals surface area contributed by atoms with Crippen LogP contribution in [0.2, 0.25) is 0 Å². The highest BCUT2D eigenvalue weighted by Gasteiger charge is 2.20. The van der Waals surface area contributed by atoms with Gasteiger partial charge in [-0.2, -0.15) is 0 Å². The number of nitrogens with two attached hydrogens (primary N) is 1. The summed E-state index contributed by atoms with van der Waals surface area (Å²) in [6.07, 6.45) is 1.59. The van der Waals surface area contributed by atoms with Crippen LogP contribution in [0.4, 0.5) is 0 Å². The van der Waals surface area contributed by atoms with Crippen molar-refractivity contribution in [2.75, 3.05) is 0 Å². The summed E-state index contributed by atoms with van der Waals surface area (Å²) in [7, 11) is 0. The third-order valence-electron chi connectivity index (χ3n) is 1.31. The van der Waals surface area contributed by atoms with Crippen molar-refractivity contribution in [2.24, 2.45) is 5.73 Å². The fourth-order valence-electron chi connectivity index (χ4n) is 0.806. The van der Waals surface area contributed by atoms with Gasteiger partial charge in [-0.3, -0.25) is 4.79 Å². The van der Waals surface area contributed by atoms with Gasteiger partial charge in [0.25, 0.3) is 0 Å². The van der Waals surface area contributed by atoms with Gasteiger partial charge in [-0.15, -0.1) is 0 Å². The maximum Gasteiger partial charge on any atom is 0.323 e. The van der Waals surface area contributed by atoms with E-state index in [2.05, 4.69) is 0 Å². The average molecular weight is 175 g/mol. The van der Waals surface area contributed by atoms with Crippen LogP contribution in [0.1, 0.15) is 40.5 Å². The number of carbonyl (C=O) groups excluding carboxylic acids is 1. The third-order valence-corrected chi connectivity index (χ3v) is 1.31. The predicted octanol–water partition coefficient (Wildman–Crippen LogP) is 1.46. The molecule has 3 nitrogen and oxygen atoms in total. The maximum absolute atomic E-state index is 11.2. The monoisotopic (exact) mass is 175 g/mol. The van der Waals surface area contributed by atoms with E-state index in [1.54, 1.807) is 0 Å². The van der Waals surface area contributed by atoms with Gasteiger partial charge in [-0.05, 0) is 27.2 Å². The first-order chi connectivity index (χ1) is 5.37. The fourth-order valence-corrected chi connectivity index (χ4v) is 0.806. The summed E-state index contributed by atoms with van der Waals surface area (Å²) in [6, 6.07) is -0.464. The largest absolute Gasteiger partial charge is 0.459 e. The first kappa shape index (κ1) is 11.4. The number of rotatable bonds is 3. The Morgan fingerprint density at radius 3 is 2.33 bits per heavy atom. The van der Waals surface area contributed by atoms with E-state index in [9.17, 15) is 4.79 Å². The van der Waals surface area contributed by atoms with E-state index in [4.69, 9.17) is 10.5 Å². The van der Waals surface area contributed by atoms with Gasteiger partial charge < -0.3 is 10.5 Å². The van der Waals surface area contributed by atoms with Crippen molar-refractivity contribution in [1.29, 1.82) is 0 Å². The Morgan fingerprint density at radius 2 is 2.00 bits per heavy atom. The van der Waals surface area contributed by atoms with Gasteiger partial charge in [0.05, 0.1) is 0 Å². The van der Waals surface area contributed by atoms with E-state index in [0.29, 0.717) is 6.42 Å². The molecule has 1 atom stereocenters. The van der Waals surface area contributed by atoms with E-state index in [1.807, 2.05) is 27.7 Å². The minimum absolute atomic E-state index is 0.302. The molecule has 0 aliphatic heterocycles. The molecule has 3 heteroatoms. The molecule has 0 aliphatic rings. The van der Waals surface area contributed by atoms with Gasteiger partial charge in [0, 0.05) is 0 Å². The molecular formula is C9H19NO2. The highest BCUT2D eigenvalue weighted by atomic mass is 16.6. The maximum atomic E-state index is 11.2. The number of hydrogen-bond donors (Lipinski definition) is 1. The van der Waals surface area contributed by atoms with Crippen LogP contribution in [0.5, 0.6) is 0 Å². The lowest BCUT2D eigenvalue weighted by molar-refractivity contribution is -0.156. The van der Waals surface area contributed by atoms with Crippen molar-refractivity contribution in [3.05, 3.63) is 0 Å². The molecule has 12 heavy (non-hydrogen) atoms. The molecule has 0 unspecified atom stereocenters. The fraction of sp³-hybridized carbons (Fsp3) is 0.889. The number of ether oxygens (including phenoxy) is 1. The van der Waals surface area contributed by atoms with Crippen molar-refractivity contribution < 1.29 is 9.53 Å². The Labute approximate surface area is 74.3 Å². The average Bonchev–Trinajstić information content (AvgIpc) is 1.84. The van der Waals surface area contributed by atoms with Gasteiger partial charge in [0.1, 0.15) is 11.6 Å². The lowest BCUT2D eigenvalue weighted by Crippen LogP contribution is -2.37. The van der Waals surface area contributed by atoms with Crippen LogP contribution in [-0.4, -0.2) is 17.6 Å². The van der Waals surface area contributed by atoms with Crippen molar-refractivity contribution >= 4 is 5.97 Å². The second-order valence-electron chi connectivity index (χ2n) is 3.93. The van der Waals surface area contributed by atoms with E-state index in [0.717, 1.165) is 6.42 Å². The van der Waals surface area contributed by atoms with Gasteiger partial charge >= 0.3 is 5.97 Å². The number of hydrogen-bond acceptors (Lipinski definition) is 3. The molecule has 0 saturated carbocycles. The zero-order chi connectivity index (χ0) is 9.78. The quantitative estimate of drug-likeness (QED) is 0.401. The summed E-state index contributed by atoms with van der Waals surface area (Å²) < 4.78 is 5.09. The highest BCUT2D eigenvalue weighted by Crippen LogP contribution is 2.09. The third kappa shape index (κ3) is 5.13. The molecule has 0 aromatic heterocycles. The summed E-state index contributed by atoms with van der Waals surface area (Å²) >= 11 is 0. The van der Waals surface area contributed by atoms with Crippen molar-refractivity contribution in [3.63, 3.8) is 0 Å². The van der Waals surface area contributed by atoms with E-state index < -0.39 is 11.6 Å². The van der Waals surface area contributed by atoms with E-state index in [1.165, 1.54) is 0 Å². The Kier molecular flexibility index (Phi) is 4.24. The Morgan fingerprint density at radius 1 is 1.50 bits per heavy atom. The van der Waals surface area contributed by atoms with Crippen LogP contribution in [0.3, 0.4) is 0 Å². The van der Waals surface area contributed by atoms with Gasteiger partial charge in [0.15, 0.2) is 0 Å². The SMILES string of the molecule is CC[13CH2][C@@H]([15NH2])C(=O)OC(C)(C)C. The van der Waals surface area contributed by atoms with Crippen molar-refractivity contribution in [3.8, 4) is 0 Å². The lowest BCUT2D eigenvalue weighted by atomic mass is 10.2. The minimum atomic E-state index is -0.464. The van der Waals surface area contributed by atoms with E-state index in [-0.39, 0.29) is 5.97 Å². The molecule has 0 amide bonds.